The number of nitrogens with zero attached hydrogens (tertiary/aromatic N) is 2. The van der Waals surface area contributed by atoms with Crippen LogP contribution in [-0.4, -0.2) is 41.0 Å². The summed E-state index contributed by atoms with van der Waals surface area (Å²) in [5.41, 5.74) is 0.147. The van der Waals surface area contributed by atoms with Crippen LogP contribution in [0, 0.1) is 10.1 Å². The number of morpholine rings is 1. The van der Waals surface area contributed by atoms with Gasteiger partial charge < -0.3 is 9.64 Å². The van der Waals surface area contributed by atoms with Gasteiger partial charge in [-0.25, -0.2) is 0 Å². The average Bonchev–Trinajstić information content (AvgIpc) is 2.36. The summed E-state index contributed by atoms with van der Waals surface area (Å²) in [4.78, 5) is 24.2. The molecule has 0 aromatic heterocycles. The summed E-state index contributed by atoms with van der Waals surface area (Å²) in [7, 11) is 0. The maximum Gasteiger partial charge on any atom is 0.270 e. The molecule has 6 nitrogen and oxygen atoms in total. The second kappa shape index (κ2) is 5.76. The summed E-state index contributed by atoms with van der Waals surface area (Å²) in [6, 6.07) is 3.88. The zero-order chi connectivity index (χ0) is 14.9. The number of hydrogen-bond acceptors (Lipinski definition) is 4. The summed E-state index contributed by atoms with van der Waals surface area (Å²) in [5.74, 6) is -0.230. The van der Waals surface area contributed by atoms with Crippen LogP contribution in [0.1, 0.15) is 24.2 Å². The SMILES string of the molecule is C[C@@H]1CN(C(=O)c2ccc([N+](=O)[O-])cc2Cl)C[C@H](C)O1. The number of rotatable bonds is 2. The van der Waals surface area contributed by atoms with E-state index in [0.717, 1.165) is 0 Å². The summed E-state index contributed by atoms with van der Waals surface area (Å²) >= 11 is 5.98. The van der Waals surface area contributed by atoms with E-state index >= 15 is 0 Å². The van der Waals surface area contributed by atoms with Gasteiger partial charge in [0.1, 0.15) is 0 Å². The summed E-state index contributed by atoms with van der Waals surface area (Å²) < 4.78 is 5.57. The van der Waals surface area contributed by atoms with Gasteiger partial charge in [-0.2, -0.15) is 0 Å². The van der Waals surface area contributed by atoms with Crippen molar-refractivity contribution in [3.8, 4) is 0 Å². The third-order valence-electron chi connectivity index (χ3n) is 3.10. The van der Waals surface area contributed by atoms with Crippen LogP contribution in [0.4, 0.5) is 5.69 Å². The van der Waals surface area contributed by atoms with Crippen LogP contribution < -0.4 is 0 Å². The normalized spacial score (nSPS) is 22.6. The first kappa shape index (κ1) is 14.7. The molecule has 1 aromatic carbocycles. The lowest BCUT2D eigenvalue weighted by Crippen LogP contribution is -2.48. The molecule has 0 N–H and O–H groups in total. The lowest BCUT2D eigenvalue weighted by atomic mass is 10.1. The van der Waals surface area contributed by atoms with E-state index in [1.54, 1.807) is 4.90 Å². The van der Waals surface area contributed by atoms with Crippen LogP contribution >= 0.6 is 11.6 Å². The fourth-order valence-electron chi connectivity index (χ4n) is 2.31. The quantitative estimate of drug-likeness (QED) is 0.621. The van der Waals surface area contributed by atoms with Gasteiger partial charge in [0.25, 0.3) is 11.6 Å². The van der Waals surface area contributed by atoms with Gasteiger partial charge in [-0.05, 0) is 19.9 Å². The maximum atomic E-state index is 12.4. The fourth-order valence-corrected chi connectivity index (χ4v) is 2.56. The Morgan fingerprint density at radius 1 is 1.40 bits per heavy atom. The summed E-state index contributed by atoms with van der Waals surface area (Å²) in [6.07, 6.45) is -0.0842. The molecule has 0 aliphatic carbocycles. The van der Waals surface area contributed by atoms with E-state index in [9.17, 15) is 14.9 Å². The van der Waals surface area contributed by atoms with Crippen LogP contribution in [0.15, 0.2) is 18.2 Å². The Bertz CT molecular complexity index is 539. The molecule has 0 bridgehead atoms. The van der Waals surface area contributed by atoms with Crippen molar-refractivity contribution in [2.24, 2.45) is 0 Å². The Labute approximate surface area is 121 Å². The first-order valence-corrected chi connectivity index (χ1v) is 6.65. The van der Waals surface area contributed by atoms with Crippen LogP contribution in [-0.2, 0) is 4.74 Å². The van der Waals surface area contributed by atoms with Crippen molar-refractivity contribution in [3.63, 3.8) is 0 Å². The molecule has 0 unspecified atom stereocenters. The largest absolute Gasteiger partial charge is 0.372 e. The average molecular weight is 299 g/mol. The third kappa shape index (κ3) is 3.08. The molecule has 1 aromatic rings. The predicted molar refractivity (Wildman–Crippen MR) is 74.0 cm³/mol. The molecule has 1 heterocycles. The molecule has 20 heavy (non-hydrogen) atoms. The highest BCUT2D eigenvalue weighted by Crippen LogP contribution is 2.24. The number of nitro groups is 1. The van der Waals surface area contributed by atoms with E-state index in [1.807, 2.05) is 13.8 Å². The number of hydrogen-bond donors (Lipinski definition) is 0. The molecule has 1 fully saturated rings. The number of non-ortho nitro benzene ring substituents is 1. The molecule has 0 saturated carbocycles. The van der Waals surface area contributed by atoms with Gasteiger partial charge in [0.2, 0.25) is 0 Å². The van der Waals surface area contributed by atoms with E-state index in [4.69, 9.17) is 16.3 Å². The Kier molecular flexibility index (Phi) is 4.25. The van der Waals surface area contributed by atoms with E-state index in [1.165, 1.54) is 18.2 Å². The van der Waals surface area contributed by atoms with E-state index in [2.05, 4.69) is 0 Å². The zero-order valence-corrected chi connectivity index (χ0v) is 12.0. The molecule has 2 rings (SSSR count). The molecule has 1 aliphatic heterocycles. The van der Waals surface area contributed by atoms with Crippen molar-refractivity contribution in [1.82, 2.24) is 4.90 Å². The highest BCUT2D eigenvalue weighted by Gasteiger charge is 2.28. The third-order valence-corrected chi connectivity index (χ3v) is 3.41. The number of halogens is 1. The van der Waals surface area contributed by atoms with Crippen molar-refractivity contribution in [3.05, 3.63) is 38.9 Å². The van der Waals surface area contributed by atoms with Crippen molar-refractivity contribution < 1.29 is 14.5 Å². The van der Waals surface area contributed by atoms with Crippen LogP contribution in [0.5, 0.6) is 0 Å². The summed E-state index contributed by atoms with van der Waals surface area (Å²) in [5, 5.41) is 10.8. The lowest BCUT2D eigenvalue weighted by Gasteiger charge is -2.35. The smallest absolute Gasteiger partial charge is 0.270 e. The molecule has 108 valence electrons. The Balaban J connectivity index is 2.23. The highest BCUT2D eigenvalue weighted by molar-refractivity contribution is 6.34. The number of carbonyl (C=O) groups is 1. The van der Waals surface area contributed by atoms with E-state index in [-0.39, 0.29) is 34.4 Å². The number of amides is 1. The van der Waals surface area contributed by atoms with Gasteiger partial charge in [0.15, 0.2) is 0 Å². The molecule has 0 radical (unpaired) electrons. The monoisotopic (exact) mass is 298 g/mol. The van der Waals surface area contributed by atoms with Crippen molar-refractivity contribution >= 4 is 23.2 Å². The fraction of sp³-hybridized carbons (Fsp3) is 0.462. The number of benzene rings is 1. The van der Waals surface area contributed by atoms with Gasteiger partial charge in [0, 0.05) is 25.2 Å². The highest BCUT2D eigenvalue weighted by atomic mass is 35.5. The minimum Gasteiger partial charge on any atom is -0.372 e. The molecule has 7 heteroatoms. The van der Waals surface area contributed by atoms with E-state index < -0.39 is 4.92 Å². The predicted octanol–water partition coefficient (Wildman–Crippen LogP) is 2.50. The maximum absolute atomic E-state index is 12.4. The summed E-state index contributed by atoms with van der Waals surface area (Å²) in [6.45, 7) is 4.76. The molecule has 0 spiro atoms. The Hall–Kier alpha value is -1.66. The van der Waals surface area contributed by atoms with E-state index in [0.29, 0.717) is 13.1 Å². The molecule has 1 saturated heterocycles. The van der Waals surface area contributed by atoms with Crippen LogP contribution in [0.2, 0.25) is 5.02 Å². The lowest BCUT2D eigenvalue weighted by molar-refractivity contribution is -0.384. The van der Waals surface area contributed by atoms with Crippen molar-refractivity contribution in [2.45, 2.75) is 26.1 Å². The second-order valence-electron chi connectivity index (χ2n) is 4.89. The zero-order valence-electron chi connectivity index (χ0n) is 11.2. The molecule has 2 atom stereocenters. The first-order valence-electron chi connectivity index (χ1n) is 6.27. The molecule has 1 aliphatic rings. The second-order valence-corrected chi connectivity index (χ2v) is 5.30. The standard InChI is InChI=1S/C13H15ClN2O4/c1-8-6-15(7-9(2)20-8)13(17)11-4-3-10(16(18)19)5-12(11)14/h3-5,8-9H,6-7H2,1-2H3/t8-,9+. The Morgan fingerprint density at radius 3 is 2.50 bits per heavy atom. The van der Waals surface area contributed by atoms with Gasteiger partial charge >= 0.3 is 0 Å². The molecular weight excluding hydrogens is 284 g/mol. The van der Waals surface area contributed by atoms with Gasteiger partial charge in [-0.3, -0.25) is 14.9 Å². The van der Waals surface area contributed by atoms with Gasteiger partial charge in [0.05, 0.1) is 27.7 Å². The van der Waals surface area contributed by atoms with Gasteiger partial charge in [-0.15, -0.1) is 0 Å². The minimum absolute atomic E-state index is 0.0421. The van der Waals surface area contributed by atoms with Crippen LogP contribution in [0.25, 0.3) is 0 Å². The number of carbonyl (C=O) groups excluding carboxylic acids is 1. The number of ether oxygens (including phenoxy) is 1. The van der Waals surface area contributed by atoms with Gasteiger partial charge in [-0.1, -0.05) is 11.6 Å². The topological polar surface area (TPSA) is 72.7 Å². The minimum atomic E-state index is -0.543. The number of nitro benzene ring substituents is 1. The van der Waals surface area contributed by atoms with Crippen molar-refractivity contribution in [2.75, 3.05) is 13.1 Å². The Morgan fingerprint density at radius 2 is 2.00 bits per heavy atom. The molecule has 1 amide bonds. The van der Waals surface area contributed by atoms with Crippen LogP contribution in [0.3, 0.4) is 0 Å². The van der Waals surface area contributed by atoms with Crippen molar-refractivity contribution in [1.29, 1.82) is 0 Å². The molecular formula is C13H15ClN2O4. The first-order chi connectivity index (χ1) is 9.38.